The van der Waals surface area contributed by atoms with Crippen molar-refractivity contribution in [1.29, 1.82) is 5.26 Å². The third kappa shape index (κ3) is 3.45. The first-order chi connectivity index (χ1) is 8.95. The lowest BCUT2D eigenvalue weighted by Gasteiger charge is -2.27. The SMILES string of the molecule is CCOC(=O)C(C)(CCC#N)c1ccc(Cl)cc1F. The minimum Gasteiger partial charge on any atom is -0.465 e. The highest BCUT2D eigenvalue weighted by Gasteiger charge is 2.38. The first-order valence-electron chi connectivity index (χ1n) is 5.95. The average Bonchev–Trinajstić information content (AvgIpc) is 2.36. The molecule has 102 valence electrons. The van der Waals surface area contributed by atoms with E-state index in [1.165, 1.54) is 12.1 Å². The normalized spacial score (nSPS) is 13.4. The van der Waals surface area contributed by atoms with Crippen molar-refractivity contribution in [1.82, 2.24) is 0 Å². The molecule has 1 atom stereocenters. The van der Waals surface area contributed by atoms with E-state index in [0.29, 0.717) is 0 Å². The molecule has 1 aromatic rings. The van der Waals surface area contributed by atoms with Crippen LogP contribution in [0.15, 0.2) is 18.2 Å². The lowest BCUT2D eigenvalue weighted by molar-refractivity contribution is -0.149. The fourth-order valence-electron chi connectivity index (χ4n) is 1.88. The molecule has 1 unspecified atom stereocenters. The zero-order chi connectivity index (χ0) is 14.5. The lowest BCUT2D eigenvalue weighted by atomic mass is 9.78. The number of halogens is 2. The monoisotopic (exact) mass is 283 g/mol. The first kappa shape index (κ1) is 15.5. The van der Waals surface area contributed by atoms with Gasteiger partial charge in [-0.2, -0.15) is 5.26 Å². The Morgan fingerprint density at radius 3 is 2.79 bits per heavy atom. The standard InChI is InChI=1S/C14H15ClFNO2/c1-3-19-13(18)14(2,7-4-8-17)11-6-5-10(15)9-12(11)16/h5-6,9H,3-4,7H2,1-2H3. The van der Waals surface area contributed by atoms with Gasteiger partial charge in [0.25, 0.3) is 0 Å². The number of ether oxygens (including phenoxy) is 1. The first-order valence-corrected chi connectivity index (χ1v) is 6.33. The molecule has 0 aliphatic carbocycles. The Morgan fingerprint density at radius 1 is 1.58 bits per heavy atom. The minimum absolute atomic E-state index is 0.136. The van der Waals surface area contributed by atoms with Crippen molar-refractivity contribution in [2.24, 2.45) is 0 Å². The van der Waals surface area contributed by atoms with E-state index in [9.17, 15) is 9.18 Å². The van der Waals surface area contributed by atoms with Gasteiger partial charge in [-0.3, -0.25) is 4.79 Å². The molecule has 0 bridgehead atoms. The Hall–Kier alpha value is -1.60. The topological polar surface area (TPSA) is 50.1 Å². The summed E-state index contributed by atoms with van der Waals surface area (Å²) in [5.74, 6) is -1.10. The molecule has 1 aromatic carbocycles. The van der Waals surface area contributed by atoms with E-state index in [1.807, 2.05) is 6.07 Å². The molecule has 1 rings (SSSR count). The van der Waals surface area contributed by atoms with E-state index in [0.717, 1.165) is 6.07 Å². The van der Waals surface area contributed by atoms with Crippen LogP contribution in [-0.4, -0.2) is 12.6 Å². The molecule has 0 aromatic heterocycles. The van der Waals surface area contributed by atoms with Gasteiger partial charge in [-0.1, -0.05) is 17.7 Å². The summed E-state index contributed by atoms with van der Waals surface area (Å²) in [6.45, 7) is 3.46. The van der Waals surface area contributed by atoms with Crippen molar-refractivity contribution >= 4 is 17.6 Å². The molecule has 0 saturated heterocycles. The quantitative estimate of drug-likeness (QED) is 0.776. The van der Waals surface area contributed by atoms with Crippen molar-refractivity contribution in [2.75, 3.05) is 6.61 Å². The molecule has 0 amide bonds. The van der Waals surface area contributed by atoms with Gasteiger partial charge in [0, 0.05) is 17.0 Å². The van der Waals surface area contributed by atoms with Gasteiger partial charge < -0.3 is 4.74 Å². The van der Waals surface area contributed by atoms with Crippen LogP contribution in [0.1, 0.15) is 32.3 Å². The average molecular weight is 284 g/mol. The lowest BCUT2D eigenvalue weighted by Crippen LogP contribution is -2.35. The highest BCUT2D eigenvalue weighted by molar-refractivity contribution is 6.30. The third-order valence-corrected chi connectivity index (χ3v) is 3.22. The number of esters is 1. The van der Waals surface area contributed by atoms with Crippen LogP contribution < -0.4 is 0 Å². The van der Waals surface area contributed by atoms with Crippen LogP contribution in [0, 0.1) is 17.1 Å². The van der Waals surface area contributed by atoms with Gasteiger partial charge in [0.05, 0.1) is 18.1 Å². The van der Waals surface area contributed by atoms with Gasteiger partial charge in [-0.15, -0.1) is 0 Å². The zero-order valence-corrected chi connectivity index (χ0v) is 11.6. The predicted molar refractivity (Wildman–Crippen MR) is 70.2 cm³/mol. The van der Waals surface area contributed by atoms with Crippen LogP contribution >= 0.6 is 11.6 Å². The van der Waals surface area contributed by atoms with E-state index >= 15 is 0 Å². The molecular weight excluding hydrogens is 269 g/mol. The third-order valence-electron chi connectivity index (χ3n) is 2.99. The number of nitriles is 1. The maximum Gasteiger partial charge on any atom is 0.316 e. The number of benzene rings is 1. The molecule has 0 heterocycles. The molecule has 0 saturated carbocycles. The second-order valence-corrected chi connectivity index (χ2v) is 4.77. The van der Waals surface area contributed by atoms with Crippen LogP contribution in [-0.2, 0) is 14.9 Å². The minimum atomic E-state index is -1.18. The molecule has 0 spiro atoms. The van der Waals surface area contributed by atoms with Gasteiger partial charge in [0.2, 0.25) is 0 Å². The number of nitrogens with zero attached hydrogens (tertiary/aromatic N) is 1. The van der Waals surface area contributed by atoms with Crippen LogP contribution in [0.3, 0.4) is 0 Å². The number of hydrogen-bond donors (Lipinski definition) is 0. The summed E-state index contributed by atoms with van der Waals surface area (Å²) in [5, 5.41) is 8.94. The molecular formula is C14H15ClFNO2. The Labute approximate surface area is 116 Å². The molecule has 0 N–H and O–H groups in total. The number of carbonyl (C=O) groups excluding carboxylic acids is 1. The molecule has 0 fully saturated rings. The maximum atomic E-state index is 14.0. The summed E-state index contributed by atoms with van der Waals surface area (Å²) < 4.78 is 19.0. The van der Waals surface area contributed by atoms with E-state index in [1.54, 1.807) is 13.8 Å². The van der Waals surface area contributed by atoms with Crippen molar-refractivity contribution in [3.05, 3.63) is 34.6 Å². The fourth-order valence-corrected chi connectivity index (χ4v) is 2.04. The van der Waals surface area contributed by atoms with Crippen molar-refractivity contribution < 1.29 is 13.9 Å². The van der Waals surface area contributed by atoms with Gasteiger partial charge in [-0.05, 0) is 32.4 Å². The molecule has 0 radical (unpaired) electrons. The maximum absolute atomic E-state index is 14.0. The van der Waals surface area contributed by atoms with Gasteiger partial charge >= 0.3 is 5.97 Å². The van der Waals surface area contributed by atoms with Gasteiger partial charge in [0.1, 0.15) is 5.82 Å². The second kappa shape index (κ2) is 6.53. The molecule has 19 heavy (non-hydrogen) atoms. The van der Waals surface area contributed by atoms with E-state index in [-0.39, 0.29) is 30.0 Å². The Bertz CT molecular complexity index is 513. The van der Waals surface area contributed by atoms with E-state index in [2.05, 4.69) is 0 Å². The smallest absolute Gasteiger partial charge is 0.316 e. The summed E-state index contributed by atoms with van der Waals surface area (Å²) >= 11 is 5.70. The van der Waals surface area contributed by atoms with Gasteiger partial charge in [0.15, 0.2) is 0 Å². The van der Waals surface area contributed by atoms with Gasteiger partial charge in [-0.25, -0.2) is 4.39 Å². The van der Waals surface area contributed by atoms with Crippen molar-refractivity contribution in [2.45, 2.75) is 32.1 Å². The summed E-state index contributed by atoms with van der Waals surface area (Å²) in [6, 6.07) is 6.10. The van der Waals surface area contributed by atoms with E-state index in [4.69, 9.17) is 21.6 Å². The highest BCUT2D eigenvalue weighted by atomic mass is 35.5. The Balaban J connectivity index is 3.22. The largest absolute Gasteiger partial charge is 0.465 e. The fraction of sp³-hybridized carbons (Fsp3) is 0.429. The highest BCUT2D eigenvalue weighted by Crippen LogP contribution is 2.33. The van der Waals surface area contributed by atoms with Crippen molar-refractivity contribution in [3.63, 3.8) is 0 Å². The van der Waals surface area contributed by atoms with E-state index < -0.39 is 17.2 Å². The number of hydrogen-bond acceptors (Lipinski definition) is 3. The predicted octanol–water partition coefficient (Wildman–Crippen LogP) is 3.60. The Kier molecular flexibility index (Phi) is 5.31. The number of carbonyl (C=O) groups is 1. The summed E-state index contributed by atoms with van der Waals surface area (Å²) in [5.41, 5.74) is -0.981. The molecule has 0 aliphatic rings. The molecule has 3 nitrogen and oxygen atoms in total. The summed E-state index contributed by atoms with van der Waals surface area (Å²) in [7, 11) is 0. The Morgan fingerprint density at radius 2 is 2.26 bits per heavy atom. The van der Waals surface area contributed by atoms with Crippen LogP contribution in [0.5, 0.6) is 0 Å². The zero-order valence-electron chi connectivity index (χ0n) is 10.9. The van der Waals surface area contributed by atoms with Crippen molar-refractivity contribution in [3.8, 4) is 6.07 Å². The molecule has 0 aliphatic heterocycles. The summed E-state index contributed by atoms with van der Waals surface area (Å²) in [4.78, 5) is 12.1. The number of rotatable bonds is 5. The second-order valence-electron chi connectivity index (χ2n) is 4.33. The molecule has 5 heteroatoms. The van der Waals surface area contributed by atoms with Crippen LogP contribution in [0.25, 0.3) is 0 Å². The van der Waals surface area contributed by atoms with Crippen LogP contribution in [0.4, 0.5) is 4.39 Å². The van der Waals surface area contributed by atoms with Crippen LogP contribution in [0.2, 0.25) is 5.02 Å². The summed E-state index contributed by atoms with van der Waals surface area (Å²) in [6.07, 6.45) is 0.332.